The summed E-state index contributed by atoms with van der Waals surface area (Å²) in [7, 11) is 0. The molecule has 3 nitrogen and oxygen atoms in total. The predicted molar refractivity (Wildman–Crippen MR) is 55.5 cm³/mol. The lowest BCUT2D eigenvalue weighted by molar-refractivity contribution is 0.0695. The standard InChI is InChI=1S/C11H15NO2/c1-6-4-7(2)10(11(13)14)8(3)9(6)5-12/h4H,5,12H2,1-3H3,(H,13,14). The van der Waals surface area contributed by atoms with E-state index in [1.165, 1.54) is 0 Å². The third-order valence-electron chi connectivity index (χ3n) is 2.55. The second-order valence-electron chi connectivity index (χ2n) is 3.50. The molecule has 0 aliphatic carbocycles. The minimum atomic E-state index is -0.880. The van der Waals surface area contributed by atoms with Crippen molar-refractivity contribution in [2.24, 2.45) is 5.73 Å². The Balaban J connectivity index is 3.52. The number of benzene rings is 1. The van der Waals surface area contributed by atoms with Crippen molar-refractivity contribution in [2.45, 2.75) is 27.3 Å². The molecule has 1 aromatic rings. The third-order valence-corrected chi connectivity index (χ3v) is 2.55. The number of rotatable bonds is 2. The van der Waals surface area contributed by atoms with E-state index in [1.807, 2.05) is 26.8 Å². The Labute approximate surface area is 83.6 Å². The Kier molecular flexibility index (Phi) is 2.91. The summed E-state index contributed by atoms with van der Waals surface area (Å²) in [4.78, 5) is 11.0. The number of hydrogen-bond donors (Lipinski definition) is 2. The molecule has 1 aromatic carbocycles. The number of carboxylic acid groups (broad SMARTS) is 1. The minimum absolute atomic E-state index is 0.385. The molecule has 0 amide bonds. The monoisotopic (exact) mass is 193 g/mol. The molecule has 0 unspecified atom stereocenters. The minimum Gasteiger partial charge on any atom is -0.478 e. The SMILES string of the molecule is Cc1cc(C)c(C(=O)O)c(C)c1CN. The van der Waals surface area contributed by atoms with Crippen molar-refractivity contribution >= 4 is 5.97 Å². The third kappa shape index (κ3) is 1.63. The van der Waals surface area contributed by atoms with E-state index in [-0.39, 0.29) is 0 Å². The van der Waals surface area contributed by atoms with Crippen LogP contribution >= 0.6 is 0 Å². The Hall–Kier alpha value is -1.35. The quantitative estimate of drug-likeness (QED) is 0.752. The summed E-state index contributed by atoms with van der Waals surface area (Å²) in [6.45, 7) is 5.96. The van der Waals surface area contributed by atoms with Crippen molar-refractivity contribution in [2.75, 3.05) is 0 Å². The zero-order valence-electron chi connectivity index (χ0n) is 8.72. The predicted octanol–water partition coefficient (Wildman–Crippen LogP) is 1.77. The maximum Gasteiger partial charge on any atom is 0.336 e. The molecule has 0 saturated heterocycles. The van der Waals surface area contributed by atoms with Gasteiger partial charge in [-0.3, -0.25) is 0 Å². The largest absolute Gasteiger partial charge is 0.478 e. The fourth-order valence-electron chi connectivity index (χ4n) is 1.87. The summed E-state index contributed by atoms with van der Waals surface area (Å²) in [5.74, 6) is -0.880. The normalized spacial score (nSPS) is 10.3. The van der Waals surface area contributed by atoms with E-state index in [2.05, 4.69) is 0 Å². The van der Waals surface area contributed by atoms with Gasteiger partial charge in [0.05, 0.1) is 5.56 Å². The van der Waals surface area contributed by atoms with Crippen molar-refractivity contribution < 1.29 is 9.90 Å². The first-order valence-electron chi connectivity index (χ1n) is 4.52. The fourth-order valence-corrected chi connectivity index (χ4v) is 1.87. The van der Waals surface area contributed by atoms with E-state index in [1.54, 1.807) is 0 Å². The highest BCUT2D eigenvalue weighted by atomic mass is 16.4. The fraction of sp³-hybridized carbons (Fsp3) is 0.364. The van der Waals surface area contributed by atoms with Crippen LogP contribution in [0.2, 0.25) is 0 Å². The van der Waals surface area contributed by atoms with Gasteiger partial charge in [0.1, 0.15) is 0 Å². The van der Waals surface area contributed by atoms with E-state index < -0.39 is 5.97 Å². The number of carbonyl (C=O) groups is 1. The second-order valence-corrected chi connectivity index (χ2v) is 3.50. The summed E-state index contributed by atoms with van der Waals surface area (Å²) in [5.41, 5.74) is 9.55. The van der Waals surface area contributed by atoms with Gasteiger partial charge < -0.3 is 10.8 Å². The Morgan fingerprint density at radius 1 is 1.36 bits per heavy atom. The van der Waals surface area contributed by atoms with Gasteiger partial charge in [-0.2, -0.15) is 0 Å². The highest BCUT2D eigenvalue weighted by Gasteiger charge is 2.14. The van der Waals surface area contributed by atoms with Crippen LogP contribution in [-0.2, 0) is 6.54 Å². The van der Waals surface area contributed by atoms with Gasteiger partial charge >= 0.3 is 5.97 Å². The van der Waals surface area contributed by atoms with Gasteiger partial charge in [-0.25, -0.2) is 4.79 Å². The Bertz CT molecular complexity index is 383. The molecule has 0 spiro atoms. The van der Waals surface area contributed by atoms with Crippen LogP contribution in [0.4, 0.5) is 0 Å². The maximum atomic E-state index is 11.0. The molecule has 0 aromatic heterocycles. The van der Waals surface area contributed by atoms with Crippen LogP contribution in [0.15, 0.2) is 6.07 Å². The van der Waals surface area contributed by atoms with Crippen molar-refractivity contribution in [3.63, 3.8) is 0 Å². The number of aryl methyl sites for hydroxylation is 2. The van der Waals surface area contributed by atoms with Crippen LogP contribution in [0.25, 0.3) is 0 Å². The number of nitrogens with two attached hydrogens (primary N) is 1. The summed E-state index contributed by atoms with van der Waals surface area (Å²) >= 11 is 0. The Morgan fingerprint density at radius 3 is 2.36 bits per heavy atom. The second kappa shape index (κ2) is 3.80. The van der Waals surface area contributed by atoms with E-state index in [0.717, 1.165) is 22.3 Å². The smallest absolute Gasteiger partial charge is 0.336 e. The highest BCUT2D eigenvalue weighted by Crippen LogP contribution is 2.21. The van der Waals surface area contributed by atoms with Crippen LogP contribution in [0, 0.1) is 20.8 Å². The summed E-state index contributed by atoms with van der Waals surface area (Å²) in [6.07, 6.45) is 0. The molecule has 1 rings (SSSR count). The van der Waals surface area contributed by atoms with E-state index in [4.69, 9.17) is 10.8 Å². The highest BCUT2D eigenvalue weighted by molar-refractivity contribution is 5.91. The summed E-state index contributed by atoms with van der Waals surface area (Å²) < 4.78 is 0. The molecule has 0 radical (unpaired) electrons. The first kappa shape index (κ1) is 10.7. The summed E-state index contributed by atoms with van der Waals surface area (Å²) in [6, 6.07) is 1.87. The van der Waals surface area contributed by atoms with Crippen LogP contribution < -0.4 is 5.73 Å². The van der Waals surface area contributed by atoms with E-state index in [9.17, 15) is 4.79 Å². The average Bonchev–Trinajstić information content (AvgIpc) is 2.02. The first-order valence-corrected chi connectivity index (χ1v) is 4.52. The van der Waals surface area contributed by atoms with Crippen molar-refractivity contribution in [3.8, 4) is 0 Å². The van der Waals surface area contributed by atoms with Crippen molar-refractivity contribution in [1.82, 2.24) is 0 Å². The average molecular weight is 193 g/mol. The molecule has 0 heterocycles. The van der Waals surface area contributed by atoms with Gasteiger partial charge in [-0.15, -0.1) is 0 Å². The number of aromatic carboxylic acids is 1. The molecule has 76 valence electrons. The first-order chi connectivity index (χ1) is 6.49. The molecular weight excluding hydrogens is 178 g/mol. The van der Waals surface area contributed by atoms with Gasteiger partial charge in [-0.1, -0.05) is 6.07 Å². The van der Waals surface area contributed by atoms with Crippen LogP contribution in [0.5, 0.6) is 0 Å². The molecule has 0 bridgehead atoms. The molecular formula is C11H15NO2. The van der Waals surface area contributed by atoms with Gasteiger partial charge in [0.25, 0.3) is 0 Å². The van der Waals surface area contributed by atoms with Crippen molar-refractivity contribution in [1.29, 1.82) is 0 Å². The van der Waals surface area contributed by atoms with Crippen LogP contribution in [0.1, 0.15) is 32.6 Å². The topological polar surface area (TPSA) is 63.3 Å². The zero-order valence-corrected chi connectivity index (χ0v) is 8.72. The Morgan fingerprint density at radius 2 is 1.93 bits per heavy atom. The van der Waals surface area contributed by atoms with Crippen LogP contribution in [-0.4, -0.2) is 11.1 Å². The van der Waals surface area contributed by atoms with Gasteiger partial charge in [0, 0.05) is 6.54 Å². The molecule has 0 fully saturated rings. The molecule has 0 atom stereocenters. The molecule has 0 aliphatic heterocycles. The van der Waals surface area contributed by atoms with Gasteiger partial charge in [0.15, 0.2) is 0 Å². The molecule has 3 N–H and O–H groups in total. The van der Waals surface area contributed by atoms with Crippen molar-refractivity contribution in [3.05, 3.63) is 33.9 Å². The lowest BCUT2D eigenvalue weighted by Crippen LogP contribution is -2.10. The molecule has 0 saturated carbocycles. The van der Waals surface area contributed by atoms with Gasteiger partial charge in [-0.05, 0) is 43.0 Å². The van der Waals surface area contributed by atoms with E-state index in [0.29, 0.717) is 12.1 Å². The molecule has 3 heteroatoms. The van der Waals surface area contributed by atoms with Gasteiger partial charge in [0.2, 0.25) is 0 Å². The summed E-state index contributed by atoms with van der Waals surface area (Å²) in [5, 5.41) is 9.02. The zero-order chi connectivity index (χ0) is 10.9. The van der Waals surface area contributed by atoms with E-state index >= 15 is 0 Å². The molecule has 0 aliphatic rings. The lowest BCUT2D eigenvalue weighted by Gasteiger charge is -2.13. The number of hydrogen-bond acceptors (Lipinski definition) is 2. The molecule has 14 heavy (non-hydrogen) atoms. The lowest BCUT2D eigenvalue weighted by atomic mass is 9.93. The number of carboxylic acids is 1. The maximum absolute atomic E-state index is 11.0. The van der Waals surface area contributed by atoms with Crippen LogP contribution in [0.3, 0.4) is 0 Å².